The Hall–Kier alpha value is -1.15. The van der Waals surface area contributed by atoms with E-state index in [-0.39, 0.29) is 0 Å². The predicted octanol–water partition coefficient (Wildman–Crippen LogP) is 2.86. The zero-order chi connectivity index (χ0) is 11.8. The lowest BCUT2D eigenvalue weighted by molar-refractivity contribution is -0.120. The molecule has 0 saturated carbocycles. The molecule has 0 spiro atoms. The van der Waals surface area contributed by atoms with Gasteiger partial charge >= 0.3 is 0 Å². The Morgan fingerprint density at radius 1 is 1.31 bits per heavy atom. The summed E-state index contributed by atoms with van der Waals surface area (Å²) in [5, 5.41) is 0. The molecule has 0 heterocycles. The molecule has 1 unspecified atom stereocenters. The van der Waals surface area contributed by atoms with Gasteiger partial charge in [-0.25, -0.2) is 0 Å². The Morgan fingerprint density at radius 3 is 2.62 bits per heavy atom. The second kappa shape index (κ2) is 7.18. The highest BCUT2D eigenvalue weighted by atomic mass is 16.5. The highest BCUT2D eigenvalue weighted by Crippen LogP contribution is 2.08. The summed E-state index contributed by atoms with van der Waals surface area (Å²) in [5.41, 5.74) is 1.23. The normalized spacial score (nSPS) is 12.4. The number of ketones is 1. The van der Waals surface area contributed by atoms with Crippen molar-refractivity contribution in [1.82, 2.24) is 0 Å². The van der Waals surface area contributed by atoms with Gasteiger partial charge < -0.3 is 4.74 Å². The minimum Gasteiger partial charge on any atom is -0.384 e. The molecule has 2 heteroatoms. The van der Waals surface area contributed by atoms with Crippen LogP contribution in [0.15, 0.2) is 30.3 Å². The maximum absolute atomic E-state index is 11.6. The standard InChI is InChI=1S/C14H20O2/c1-12(11-16-2)10-14(15)9-8-13-6-4-3-5-7-13/h3-7,12H,8-11H2,1-2H3. The van der Waals surface area contributed by atoms with Gasteiger partial charge in [0.05, 0.1) is 0 Å². The summed E-state index contributed by atoms with van der Waals surface area (Å²) < 4.78 is 5.02. The van der Waals surface area contributed by atoms with E-state index in [1.807, 2.05) is 25.1 Å². The first-order valence-corrected chi connectivity index (χ1v) is 5.77. The van der Waals surface area contributed by atoms with E-state index in [1.165, 1.54) is 5.56 Å². The molecular weight excluding hydrogens is 200 g/mol. The van der Waals surface area contributed by atoms with E-state index < -0.39 is 0 Å². The molecule has 0 N–H and O–H groups in total. The third-order valence-electron chi connectivity index (χ3n) is 2.56. The van der Waals surface area contributed by atoms with Crippen LogP contribution in [-0.4, -0.2) is 19.5 Å². The lowest BCUT2D eigenvalue weighted by Gasteiger charge is -2.08. The number of hydrogen-bond donors (Lipinski definition) is 0. The van der Waals surface area contributed by atoms with Crippen LogP contribution in [0.3, 0.4) is 0 Å². The highest BCUT2D eigenvalue weighted by Gasteiger charge is 2.08. The molecule has 1 aromatic rings. The van der Waals surface area contributed by atoms with E-state index >= 15 is 0 Å². The quantitative estimate of drug-likeness (QED) is 0.706. The van der Waals surface area contributed by atoms with Gasteiger partial charge in [0.1, 0.15) is 5.78 Å². The van der Waals surface area contributed by atoms with Gasteiger partial charge in [-0.2, -0.15) is 0 Å². The highest BCUT2D eigenvalue weighted by molar-refractivity contribution is 5.78. The third kappa shape index (κ3) is 5.08. The fourth-order valence-electron chi connectivity index (χ4n) is 1.76. The van der Waals surface area contributed by atoms with Crippen LogP contribution >= 0.6 is 0 Å². The SMILES string of the molecule is COCC(C)CC(=O)CCc1ccccc1. The largest absolute Gasteiger partial charge is 0.384 e. The Balaban J connectivity index is 2.25. The molecule has 0 amide bonds. The number of aryl methyl sites for hydroxylation is 1. The molecule has 16 heavy (non-hydrogen) atoms. The third-order valence-corrected chi connectivity index (χ3v) is 2.56. The molecule has 1 atom stereocenters. The number of hydrogen-bond acceptors (Lipinski definition) is 2. The van der Waals surface area contributed by atoms with Gasteiger partial charge in [-0.3, -0.25) is 4.79 Å². The van der Waals surface area contributed by atoms with Crippen molar-refractivity contribution in [1.29, 1.82) is 0 Å². The van der Waals surface area contributed by atoms with Gasteiger partial charge in [-0.05, 0) is 17.9 Å². The van der Waals surface area contributed by atoms with E-state index in [2.05, 4.69) is 12.1 Å². The summed E-state index contributed by atoms with van der Waals surface area (Å²) in [7, 11) is 1.67. The number of Topliss-reactive ketones (excluding diaryl/α,β-unsaturated/α-hetero) is 1. The predicted molar refractivity (Wildman–Crippen MR) is 65.4 cm³/mol. The average Bonchev–Trinajstić information content (AvgIpc) is 2.28. The van der Waals surface area contributed by atoms with Crippen molar-refractivity contribution >= 4 is 5.78 Å². The summed E-state index contributed by atoms with van der Waals surface area (Å²) in [6, 6.07) is 10.1. The van der Waals surface area contributed by atoms with E-state index in [4.69, 9.17) is 4.74 Å². The van der Waals surface area contributed by atoms with E-state index in [0.29, 0.717) is 31.1 Å². The molecule has 88 valence electrons. The number of methoxy groups -OCH3 is 1. The van der Waals surface area contributed by atoms with Gasteiger partial charge in [0.25, 0.3) is 0 Å². The van der Waals surface area contributed by atoms with E-state index in [9.17, 15) is 4.79 Å². The van der Waals surface area contributed by atoms with Crippen molar-refractivity contribution in [3.63, 3.8) is 0 Å². The summed E-state index contributed by atoms with van der Waals surface area (Å²) in [6.07, 6.45) is 2.11. The molecule has 0 aliphatic heterocycles. The smallest absolute Gasteiger partial charge is 0.133 e. The maximum Gasteiger partial charge on any atom is 0.133 e. The van der Waals surface area contributed by atoms with Crippen molar-refractivity contribution in [3.05, 3.63) is 35.9 Å². The zero-order valence-corrected chi connectivity index (χ0v) is 10.1. The van der Waals surface area contributed by atoms with E-state index in [1.54, 1.807) is 7.11 Å². The Bertz CT molecular complexity index is 306. The first-order chi connectivity index (χ1) is 7.72. The minimum absolute atomic E-state index is 0.327. The van der Waals surface area contributed by atoms with E-state index in [0.717, 1.165) is 6.42 Å². The van der Waals surface area contributed by atoms with Crippen LogP contribution in [0.2, 0.25) is 0 Å². The Kier molecular flexibility index (Phi) is 5.79. The van der Waals surface area contributed by atoms with Crippen molar-refractivity contribution < 1.29 is 9.53 Å². The molecule has 0 aromatic heterocycles. The molecule has 0 radical (unpaired) electrons. The molecule has 0 fully saturated rings. The van der Waals surface area contributed by atoms with Gasteiger partial charge in [0, 0.05) is 26.6 Å². The monoisotopic (exact) mass is 220 g/mol. The lowest BCUT2D eigenvalue weighted by atomic mass is 10.0. The lowest BCUT2D eigenvalue weighted by Crippen LogP contribution is -2.11. The Morgan fingerprint density at radius 2 is 2.00 bits per heavy atom. The average molecular weight is 220 g/mol. The molecular formula is C14H20O2. The molecule has 1 rings (SSSR count). The summed E-state index contributed by atoms with van der Waals surface area (Å²) in [5.74, 6) is 0.654. The molecule has 0 bridgehead atoms. The molecule has 1 aromatic carbocycles. The molecule has 0 saturated heterocycles. The van der Waals surface area contributed by atoms with Crippen LogP contribution < -0.4 is 0 Å². The second-order valence-electron chi connectivity index (χ2n) is 4.29. The zero-order valence-electron chi connectivity index (χ0n) is 10.1. The fraction of sp³-hybridized carbons (Fsp3) is 0.500. The van der Waals surface area contributed by atoms with Crippen LogP contribution in [0, 0.1) is 5.92 Å². The topological polar surface area (TPSA) is 26.3 Å². The number of carbonyl (C=O) groups excluding carboxylic acids is 1. The van der Waals surface area contributed by atoms with Crippen LogP contribution in [0.5, 0.6) is 0 Å². The van der Waals surface area contributed by atoms with Gasteiger partial charge in [-0.1, -0.05) is 37.3 Å². The van der Waals surface area contributed by atoms with Crippen molar-refractivity contribution in [2.45, 2.75) is 26.2 Å². The first kappa shape index (κ1) is 12.9. The van der Waals surface area contributed by atoms with Crippen LogP contribution in [-0.2, 0) is 16.0 Å². The van der Waals surface area contributed by atoms with Crippen molar-refractivity contribution in [2.75, 3.05) is 13.7 Å². The summed E-state index contributed by atoms with van der Waals surface area (Å²) in [6.45, 7) is 2.71. The number of rotatable bonds is 7. The van der Waals surface area contributed by atoms with Crippen LogP contribution in [0.1, 0.15) is 25.3 Å². The van der Waals surface area contributed by atoms with Crippen LogP contribution in [0.4, 0.5) is 0 Å². The molecule has 0 aliphatic rings. The van der Waals surface area contributed by atoms with Crippen molar-refractivity contribution in [3.8, 4) is 0 Å². The minimum atomic E-state index is 0.327. The first-order valence-electron chi connectivity index (χ1n) is 5.77. The Labute approximate surface area is 97.6 Å². The van der Waals surface area contributed by atoms with Gasteiger partial charge in [0.2, 0.25) is 0 Å². The number of benzene rings is 1. The second-order valence-corrected chi connectivity index (χ2v) is 4.29. The molecule has 0 aliphatic carbocycles. The summed E-state index contributed by atoms with van der Waals surface area (Å²) >= 11 is 0. The maximum atomic E-state index is 11.6. The van der Waals surface area contributed by atoms with Crippen molar-refractivity contribution in [2.24, 2.45) is 5.92 Å². The number of carbonyl (C=O) groups is 1. The van der Waals surface area contributed by atoms with Crippen LogP contribution in [0.25, 0.3) is 0 Å². The fourth-order valence-corrected chi connectivity index (χ4v) is 1.76. The number of ether oxygens (including phenoxy) is 1. The van der Waals surface area contributed by atoms with Gasteiger partial charge in [0.15, 0.2) is 0 Å². The van der Waals surface area contributed by atoms with Gasteiger partial charge in [-0.15, -0.1) is 0 Å². The summed E-state index contributed by atoms with van der Waals surface area (Å²) in [4.78, 5) is 11.6. The molecule has 2 nitrogen and oxygen atoms in total.